The maximum Gasteiger partial charge on any atom is 0.573 e. The third-order valence-electron chi connectivity index (χ3n) is 2.24. The van der Waals surface area contributed by atoms with Crippen LogP contribution in [0.15, 0.2) is 39.2 Å². The molecule has 21 heavy (non-hydrogen) atoms. The van der Waals surface area contributed by atoms with Crippen LogP contribution in [0.3, 0.4) is 0 Å². The normalized spacial score (nSPS) is 11.2. The van der Waals surface area contributed by atoms with Crippen LogP contribution in [-0.2, 0) is 0 Å². The van der Waals surface area contributed by atoms with Gasteiger partial charge in [-0.2, -0.15) is 0 Å². The lowest BCUT2D eigenvalue weighted by atomic mass is 10.3. The van der Waals surface area contributed by atoms with Crippen LogP contribution in [0.4, 0.5) is 24.7 Å². The number of nitrogens with one attached hydrogen (secondary N) is 1. The van der Waals surface area contributed by atoms with E-state index in [9.17, 15) is 18.0 Å². The van der Waals surface area contributed by atoms with Crippen LogP contribution in [0.2, 0.25) is 0 Å². The van der Waals surface area contributed by atoms with Crippen molar-refractivity contribution in [3.05, 3.63) is 40.6 Å². The summed E-state index contributed by atoms with van der Waals surface area (Å²) in [6, 6.07) is 6.41. The number of hydrogen-bond acceptors (Lipinski definition) is 4. The van der Waals surface area contributed by atoms with Crippen molar-refractivity contribution in [3.8, 4) is 5.75 Å². The fraction of sp³-hybridized carbons (Fsp3) is 0.0833. The van der Waals surface area contributed by atoms with Gasteiger partial charge in [-0.3, -0.25) is 0 Å². The Kier molecular flexibility index (Phi) is 4.12. The molecule has 2 N–H and O–H groups in total. The summed E-state index contributed by atoms with van der Waals surface area (Å²) < 4.78 is 45.2. The molecule has 0 saturated carbocycles. The molecule has 0 spiro atoms. The van der Waals surface area contributed by atoms with Gasteiger partial charge in [-0.15, -0.1) is 13.2 Å². The second-order valence-electron chi connectivity index (χ2n) is 3.79. The van der Waals surface area contributed by atoms with Crippen LogP contribution in [0, 0.1) is 0 Å². The van der Waals surface area contributed by atoms with E-state index in [1.165, 1.54) is 24.3 Å². The summed E-state index contributed by atoms with van der Waals surface area (Å²) in [6.45, 7) is 0. The van der Waals surface area contributed by atoms with Crippen molar-refractivity contribution in [2.24, 2.45) is 0 Å². The van der Waals surface area contributed by atoms with Gasteiger partial charge in [-0.1, -0.05) is 0 Å². The Hall–Kier alpha value is -2.16. The fourth-order valence-electron chi connectivity index (χ4n) is 1.45. The zero-order chi connectivity index (χ0) is 15.6. The van der Waals surface area contributed by atoms with Crippen molar-refractivity contribution in [1.29, 1.82) is 0 Å². The smallest absolute Gasteiger partial charge is 0.475 e. The minimum Gasteiger partial charge on any atom is -0.475 e. The summed E-state index contributed by atoms with van der Waals surface area (Å²) >= 11 is 2.95. The lowest BCUT2D eigenvalue weighted by Crippen LogP contribution is -2.17. The molecule has 0 aliphatic carbocycles. The molecule has 0 unspecified atom stereocenters. The second-order valence-corrected chi connectivity index (χ2v) is 4.64. The number of anilines is 2. The topological polar surface area (TPSA) is 71.7 Å². The number of halogens is 4. The summed E-state index contributed by atoms with van der Waals surface area (Å²) in [4.78, 5) is 10.6. The van der Waals surface area contributed by atoms with Crippen LogP contribution >= 0.6 is 15.9 Å². The molecular weight excluding hydrogens is 359 g/mol. The molecule has 0 fully saturated rings. The zero-order valence-corrected chi connectivity index (χ0v) is 11.7. The number of carboxylic acids is 1. The number of hydrogen-bond donors (Lipinski definition) is 2. The number of rotatable bonds is 4. The van der Waals surface area contributed by atoms with E-state index in [-0.39, 0.29) is 16.1 Å². The predicted molar refractivity (Wildman–Crippen MR) is 69.8 cm³/mol. The van der Waals surface area contributed by atoms with Gasteiger partial charge in [0.2, 0.25) is 5.76 Å². The molecule has 0 amide bonds. The zero-order valence-electron chi connectivity index (χ0n) is 10.1. The number of carbonyl (C=O) groups is 1. The van der Waals surface area contributed by atoms with Crippen LogP contribution in [-0.4, -0.2) is 17.4 Å². The maximum absolute atomic E-state index is 12.1. The molecule has 9 heteroatoms. The number of carboxylic acid groups (broad SMARTS) is 1. The van der Waals surface area contributed by atoms with E-state index in [1.54, 1.807) is 0 Å². The fourth-order valence-corrected chi connectivity index (χ4v) is 1.91. The highest BCUT2D eigenvalue weighted by molar-refractivity contribution is 9.10. The van der Waals surface area contributed by atoms with E-state index >= 15 is 0 Å². The molecule has 1 aromatic carbocycles. The van der Waals surface area contributed by atoms with Gasteiger partial charge in [-0.25, -0.2) is 4.79 Å². The Labute approximate surface area is 124 Å². The van der Waals surface area contributed by atoms with E-state index in [2.05, 4.69) is 26.0 Å². The number of aromatic carboxylic acids is 1. The van der Waals surface area contributed by atoms with Gasteiger partial charge in [0.1, 0.15) is 5.75 Å². The number of ether oxygens (including phenoxy) is 1. The summed E-state index contributed by atoms with van der Waals surface area (Å²) in [5, 5.41) is 11.4. The first-order valence-electron chi connectivity index (χ1n) is 5.40. The molecule has 2 aromatic rings. The average Bonchev–Trinajstić information content (AvgIpc) is 2.80. The molecule has 1 aromatic heterocycles. The second kappa shape index (κ2) is 5.68. The SMILES string of the molecule is O=C(O)c1ccc(Nc2ccc(OC(F)(F)F)c(Br)c2)o1. The molecule has 0 bridgehead atoms. The molecule has 112 valence electrons. The van der Waals surface area contributed by atoms with Gasteiger partial charge in [0.25, 0.3) is 0 Å². The van der Waals surface area contributed by atoms with Crippen molar-refractivity contribution in [1.82, 2.24) is 0 Å². The van der Waals surface area contributed by atoms with E-state index in [0.29, 0.717) is 5.69 Å². The van der Waals surface area contributed by atoms with Crippen LogP contribution < -0.4 is 10.1 Å². The predicted octanol–water partition coefficient (Wildman–Crippen LogP) is 4.38. The number of furan rings is 1. The number of benzene rings is 1. The molecule has 0 aliphatic rings. The van der Waals surface area contributed by atoms with Crippen molar-refractivity contribution in [2.45, 2.75) is 6.36 Å². The lowest BCUT2D eigenvalue weighted by molar-refractivity contribution is -0.274. The summed E-state index contributed by atoms with van der Waals surface area (Å²) in [5.74, 6) is -1.73. The van der Waals surface area contributed by atoms with Gasteiger partial charge in [0, 0.05) is 11.8 Å². The Morgan fingerprint density at radius 1 is 1.29 bits per heavy atom. The molecule has 0 aliphatic heterocycles. The first-order valence-corrected chi connectivity index (χ1v) is 6.19. The van der Waals surface area contributed by atoms with Gasteiger partial charge < -0.3 is 19.6 Å². The lowest BCUT2D eigenvalue weighted by Gasteiger charge is -2.11. The Morgan fingerprint density at radius 2 is 2.00 bits per heavy atom. The minimum atomic E-state index is -4.78. The van der Waals surface area contributed by atoms with Gasteiger partial charge in [0.15, 0.2) is 5.88 Å². The highest BCUT2D eigenvalue weighted by atomic mass is 79.9. The van der Waals surface area contributed by atoms with E-state index in [0.717, 1.165) is 6.07 Å². The third kappa shape index (κ3) is 4.15. The molecule has 5 nitrogen and oxygen atoms in total. The molecule has 1 heterocycles. The Bertz CT molecular complexity index is 669. The van der Waals surface area contributed by atoms with Crippen molar-refractivity contribution < 1.29 is 32.2 Å². The molecule has 2 rings (SSSR count). The van der Waals surface area contributed by atoms with Gasteiger partial charge >= 0.3 is 12.3 Å². The first-order chi connectivity index (χ1) is 9.74. The first kappa shape index (κ1) is 15.2. The Balaban J connectivity index is 2.14. The van der Waals surface area contributed by atoms with E-state index in [1.807, 2.05) is 0 Å². The highest BCUT2D eigenvalue weighted by Gasteiger charge is 2.31. The Morgan fingerprint density at radius 3 is 2.52 bits per heavy atom. The monoisotopic (exact) mass is 365 g/mol. The van der Waals surface area contributed by atoms with E-state index < -0.39 is 18.1 Å². The van der Waals surface area contributed by atoms with E-state index in [4.69, 9.17) is 9.52 Å². The third-order valence-corrected chi connectivity index (χ3v) is 2.86. The van der Waals surface area contributed by atoms with Gasteiger partial charge in [0.05, 0.1) is 4.47 Å². The quantitative estimate of drug-likeness (QED) is 0.840. The van der Waals surface area contributed by atoms with Crippen LogP contribution in [0.5, 0.6) is 5.75 Å². The molecule has 0 radical (unpaired) electrons. The van der Waals surface area contributed by atoms with Gasteiger partial charge in [-0.05, 0) is 40.2 Å². The maximum atomic E-state index is 12.1. The summed E-state index contributed by atoms with van der Waals surface area (Å²) in [6.07, 6.45) is -4.78. The average molecular weight is 366 g/mol. The number of alkyl halides is 3. The molecule has 0 saturated heterocycles. The highest BCUT2D eigenvalue weighted by Crippen LogP contribution is 2.33. The van der Waals surface area contributed by atoms with Crippen LogP contribution in [0.1, 0.15) is 10.6 Å². The largest absolute Gasteiger partial charge is 0.573 e. The molecular formula is C12H7BrF3NO4. The van der Waals surface area contributed by atoms with Crippen molar-refractivity contribution in [2.75, 3.05) is 5.32 Å². The van der Waals surface area contributed by atoms with Crippen LogP contribution in [0.25, 0.3) is 0 Å². The molecule has 0 atom stereocenters. The minimum absolute atomic E-state index is 0.0786. The summed E-state index contributed by atoms with van der Waals surface area (Å²) in [5.41, 5.74) is 0.391. The van der Waals surface area contributed by atoms with Crippen molar-refractivity contribution in [3.63, 3.8) is 0 Å². The standard InChI is InChI=1S/C12H7BrF3NO4/c13-7-5-6(1-2-8(7)21-12(14,15)16)17-10-4-3-9(20-10)11(18)19/h1-5,17H,(H,18,19). The van der Waals surface area contributed by atoms with Crippen molar-refractivity contribution >= 4 is 33.5 Å². The summed E-state index contributed by atoms with van der Waals surface area (Å²) in [7, 11) is 0.